The van der Waals surface area contributed by atoms with E-state index in [-0.39, 0.29) is 12.2 Å². The summed E-state index contributed by atoms with van der Waals surface area (Å²) in [5, 5.41) is 0. The maximum absolute atomic E-state index is 5.26. The summed E-state index contributed by atoms with van der Waals surface area (Å²) < 4.78 is 20.4. The van der Waals surface area contributed by atoms with Crippen molar-refractivity contribution in [2.45, 2.75) is 12.2 Å². The maximum Gasteiger partial charge on any atom is 0.162 e. The predicted molar refractivity (Wildman–Crippen MR) is 42.6 cm³/mol. The van der Waals surface area contributed by atoms with E-state index in [0.29, 0.717) is 12.4 Å². The van der Waals surface area contributed by atoms with Crippen LogP contribution in [0.2, 0.25) is 0 Å². The highest BCUT2D eigenvalue weighted by Gasteiger charge is 2.32. The fraction of sp³-hybridized carbons (Fsp3) is 0.750. The van der Waals surface area contributed by atoms with E-state index in [1.54, 1.807) is 27.6 Å². The standard InChI is InChI=1S/C8H14O4/c1-9-4-7-8(11-3)6(10-2)5-12-7/h5,7-8H,4H2,1-3H3/t7-,8?/m1/s1. The zero-order valence-electron chi connectivity index (χ0n) is 7.57. The lowest BCUT2D eigenvalue weighted by atomic mass is 10.2. The van der Waals surface area contributed by atoms with Gasteiger partial charge in [0.2, 0.25) is 0 Å². The Balaban J connectivity index is 2.51. The van der Waals surface area contributed by atoms with Crippen LogP contribution >= 0.6 is 0 Å². The smallest absolute Gasteiger partial charge is 0.162 e. The Morgan fingerprint density at radius 2 is 2.17 bits per heavy atom. The second-order valence-corrected chi connectivity index (χ2v) is 2.51. The van der Waals surface area contributed by atoms with E-state index >= 15 is 0 Å². The third kappa shape index (κ3) is 1.70. The molecule has 0 spiro atoms. The molecule has 12 heavy (non-hydrogen) atoms. The molecule has 0 fully saturated rings. The highest BCUT2D eigenvalue weighted by molar-refractivity contribution is 5.06. The molecule has 0 saturated heterocycles. The first-order valence-corrected chi connectivity index (χ1v) is 3.74. The van der Waals surface area contributed by atoms with Gasteiger partial charge >= 0.3 is 0 Å². The average Bonchev–Trinajstić information content (AvgIpc) is 2.47. The van der Waals surface area contributed by atoms with Crippen LogP contribution in [0.3, 0.4) is 0 Å². The van der Waals surface area contributed by atoms with E-state index in [0.717, 1.165) is 0 Å². The number of hydrogen-bond donors (Lipinski definition) is 0. The first kappa shape index (κ1) is 9.35. The Labute approximate surface area is 72.1 Å². The molecule has 0 saturated carbocycles. The Hall–Kier alpha value is -0.740. The molecule has 1 aliphatic heterocycles. The molecule has 1 heterocycles. The first-order chi connectivity index (χ1) is 5.83. The summed E-state index contributed by atoms with van der Waals surface area (Å²) in [6.45, 7) is 0.502. The average molecular weight is 174 g/mol. The lowest BCUT2D eigenvalue weighted by Crippen LogP contribution is -2.30. The molecule has 0 N–H and O–H groups in total. The van der Waals surface area contributed by atoms with Crippen LogP contribution in [0.1, 0.15) is 0 Å². The molecule has 0 aromatic rings. The summed E-state index contributed by atoms with van der Waals surface area (Å²) in [6.07, 6.45) is 1.34. The molecule has 2 atom stereocenters. The van der Waals surface area contributed by atoms with Gasteiger partial charge < -0.3 is 18.9 Å². The van der Waals surface area contributed by atoms with Crippen molar-refractivity contribution in [1.82, 2.24) is 0 Å². The lowest BCUT2D eigenvalue weighted by Gasteiger charge is -2.17. The van der Waals surface area contributed by atoms with Crippen molar-refractivity contribution in [2.24, 2.45) is 0 Å². The number of ether oxygens (including phenoxy) is 4. The van der Waals surface area contributed by atoms with Crippen molar-refractivity contribution in [3.8, 4) is 0 Å². The van der Waals surface area contributed by atoms with Gasteiger partial charge in [0.25, 0.3) is 0 Å². The second kappa shape index (κ2) is 4.33. The quantitative estimate of drug-likeness (QED) is 0.623. The molecular formula is C8H14O4. The number of methoxy groups -OCH3 is 3. The van der Waals surface area contributed by atoms with Crippen LogP contribution in [0, 0.1) is 0 Å². The monoisotopic (exact) mass is 174 g/mol. The van der Waals surface area contributed by atoms with E-state index in [1.807, 2.05) is 0 Å². The highest BCUT2D eigenvalue weighted by Crippen LogP contribution is 2.21. The van der Waals surface area contributed by atoms with Crippen molar-refractivity contribution >= 4 is 0 Å². The minimum atomic E-state index is -0.144. The SMILES string of the molecule is COC[C@H]1OC=C(OC)C1OC. The third-order valence-electron chi connectivity index (χ3n) is 1.80. The molecular weight excluding hydrogens is 160 g/mol. The van der Waals surface area contributed by atoms with E-state index in [4.69, 9.17) is 18.9 Å². The molecule has 1 unspecified atom stereocenters. The van der Waals surface area contributed by atoms with Crippen LogP contribution in [-0.2, 0) is 18.9 Å². The zero-order valence-corrected chi connectivity index (χ0v) is 7.57. The van der Waals surface area contributed by atoms with Crippen LogP contribution < -0.4 is 0 Å². The zero-order chi connectivity index (χ0) is 8.97. The molecule has 4 heteroatoms. The molecule has 4 nitrogen and oxygen atoms in total. The van der Waals surface area contributed by atoms with Crippen molar-refractivity contribution in [1.29, 1.82) is 0 Å². The van der Waals surface area contributed by atoms with Gasteiger partial charge in [-0.15, -0.1) is 0 Å². The van der Waals surface area contributed by atoms with E-state index in [9.17, 15) is 0 Å². The van der Waals surface area contributed by atoms with Gasteiger partial charge in [0.1, 0.15) is 6.26 Å². The van der Waals surface area contributed by atoms with Crippen molar-refractivity contribution in [3.05, 3.63) is 12.0 Å². The predicted octanol–water partition coefficient (Wildman–Crippen LogP) is 0.534. The Bertz CT molecular complexity index is 166. The molecule has 0 amide bonds. The summed E-state index contributed by atoms with van der Waals surface area (Å²) in [4.78, 5) is 0. The first-order valence-electron chi connectivity index (χ1n) is 3.74. The normalized spacial score (nSPS) is 28.1. The van der Waals surface area contributed by atoms with Gasteiger partial charge in [0.05, 0.1) is 13.7 Å². The minimum absolute atomic E-state index is 0.0880. The Kier molecular flexibility index (Phi) is 3.37. The highest BCUT2D eigenvalue weighted by atomic mass is 16.6. The molecule has 70 valence electrons. The molecule has 0 radical (unpaired) electrons. The van der Waals surface area contributed by atoms with Crippen molar-refractivity contribution < 1.29 is 18.9 Å². The van der Waals surface area contributed by atoms with Gasteiger partial charge in [-0.2, -0.15) is 0 Å². The van der Waals surface area contributed by atoms with Gasteiger partial charge in [0.15, 0.2) is 18.0 Å². The summed E-state index contributed by atoms with van der Waals surface area (Å²) in [5.74, 6) is 0.708. The molecule has 0 bridgehead atoms. The largest absolute Gasteiger partial charge is 0.495 e. The van der Waals surface area contributed by atoms with E-state index in [2.05, 4.69) is 0 Å². The Morgan fingerprint density at radius 1 is 1.42 bits per heavy atom. The lowest BCUT2D eigenvalue weighted by molar-refractivity contribution is -0.0256. The van der Waals surface area contributed by atoms with Crippen molar-refractivity contribution in [3.63, 3.8) is 0 Å². The molecule has 0 aromatic carbocycles. The van der Waals surface area contributed by atoms with Gasteiger partial charge in [-0.25, -0.2) is 0 Å². The maximum atomic E-state index is 5.26. The molecule has 0 aliphatic carbocycles. The van der Waals surface area contributed by atoms with E-state index in [1.165, 1.54) is 0 Å². The van der Waals surface area contributed by atoms with Gasteiger partial charge in [-0.3, -0.25) is 0 Å². The topological polar surface area (TPSA) is 36.9 Å². The van der Waals surface area contributed by atoms with Crippen LogP contribution in [0.5, 0.6) is 0 Å². The van der Waals surface area contributed by atoms with Gasteiger partial charge in [-0.1, -0.05) is 0 Å². The van der Waals surface area contributed by atoms with Crippen molar-refractivity contribution in [2.75, 3.05) is 27.9 Å². The second-order valence-electron chi connectivity index (χ2n) is 2.51. The van der Waals surface area contributed by atoms with Gasteiger partial charge in [-0.05, 0) is 0 Å². The number of rotatable bonds is 4. The molecule has 1 rings (SSSR count). The molecule has 0 aromatic heterocycles. The van der Waals surface area contributed by atoms with Crippen LogP contribution in [-0.4, -0.2) is 40.1 Å². The summed E-state index contributed by atoms with van der Waals surface area (Å²) >= 11 is 0. The minimum Gasteiger partial charge on any atom is -0.495 e. The van der Waals surface area contributed by atoms with Crippen LogP contribution in [0.25, 0.3) is 0 Å². The summed E-state index contributed by atoms with van der Waals surface area (Å²) in [5.41, 5.74) is 0. The van der Waals surface area contributed by atoms with E-state index < -0.39 is 0 Å². The number of hydrogen-bond acceptors (Lipinski definition) is 4. The summed E-state index contributed by atoms with van der Waals surface area (Å²) in [6, 6.07) is 0. The fourth-order valence-corrected chi connectivity index (χ4v) is 1.20. The fourth-order valence-electron chi connectivity index (χ4n) is 1.20. The summed E-state index contributed by atoms with van der Waals surface area (Å²) in [7, 11) is 4.84. The molecule has 1 aliphatic rings. The van der Waals surface area contributed by atoms with Crippen LogP contribution in [0.4, 0.5) is 0 Å². The van der Waals surface area contributed by atoms with Crippen LogP contribution in [0.15, 0.2) is 12.0 Å². The Morgan fingerprint density at radius 3 is 2.67 bits per heavy atom. The van der Waals surface area contributed by atoms with Gasteiger partial charge in [0, 0.05) is 14.2 Å². The third-order valence-corrected chi connectivity index (χ3v) is 1.80.